The molecule has 7 nitrogen and oxygen atoms in total. The van der Waals surface area contributed by atoms with Crippen LogP contribution in [0.25, 0.3) is 0 Å². The third kappa shape index (κ3) is 5.75. The Kier molecular flexibility index (Phi) is 7.94. The second-order valence-electron chi connectivity index (χ2n) is 6.68. The van der Waals surface area contributed by atoms with Crippen molar-refractivity contribution < 1.29 is 18.0 Å². The van der Waals surface area contributed by atoms with Gasteiger partial charge in [-0.2, -0.15) is 4.31 Å². The highest BCUT2D eigenvalue weighted by Crippen LogP contribution is 2.26. The Morgan fingerprint density at radius 1 is 1.29 bits per heavy atom. The Morgan fingerprint density at radius 3 is 2.61 bits per heavy atom. The van der Waals surface area contributed by atoms with E-state index in [9.17, 15) is 13.2 Å². The molecule has 1 heterocycles. The van der Waals surface area contributed by atoms with E-state index in [1.807, 2.05) is 13.8 Å². The van der Waals surface area contributed by atoms with E-state index in [2.05, 4.69) is 10.5 Å². The van der Waals surface area contributed by atoms with Gasteiger partial charge in [-0.05, 0) is 42.2 Å². The van der Waals surface area contributed by atoms with Crippen molar-refractivity contribution in [3.8, 4) is 0 Å². The van der Waals surface area contributed by atoms with E-state index in [1.54, 1.807) is 36.7 Å². The molecular formula is C19H24ClN3O4S. The van der Waals surface area contributed by atoms with Crippen molar-refractivity contribution in [2.45, 2.75) is 37.8 Å². The van der Waals surface area contributed by atoms with Crippen molar-refractivity contribution in [1.29, 1.82) is 0 Å². The highest BCUT2D eigenvalue weighted by atomic mass is 35.5. The molecule has 0 saturated carbocycles. The van der Waals surface area contributed by atoms with Crippen LogP contribution in [0.2, 0.25) is 5.02 Å². The number of carbonyl (C=O) groups excluding carboxylic acids is 1. The van der Waals surface area contributed by atoms with Crippen molar-refractivity contribution in [3.05, 3.63) is 59.4 Å². The predicted molar refractivity (Wildman–Crippen MR) is 107 cm³/mol. The van der Waals surface area contributed by atoms with Crippen LogP contribution in [-0.2, 0) is 26.2 Å². The second kappa shape index (κ2) is 9.97. The Hall–Kier alpha value is -2.00. The zero-order valence-electron chi connectivity index (χ0n) is 16.0. The normalized spacial score (nSPS) is 12.9. The number of hydrogen-bond donors (Lipinski definition) is 1. The molecule has 1 aromatic heterocycles. The van der Waals surface area contributed by atoms with Crippen LogP contribution < -0.4 is 5.48 Å². The van der Waals surface area contributed by atoms with Gasteiger partial charge in [0.25, 0.3) is 5.91 Å². The molecule has 0 fully saturated rings. The fourth-order valence-corrected chi connectivity index (χ4v) is 4.66. The SMILES string of the molecule is CC(C)C[C@H](C(=O)NO[11CH3])N(Cc1cccnc1)S(=O)(=O)c1cccc(Cl)c1. The number of sulfonamides is 1. The molecule has 0 spiro atoms. The van der Waals surface area contributed by atoms with Crippen molar-refractivity contribution in [3.63, 3.8) is 0 Å². The molecule has 1 atom stereocenters. The molecular weight excluding hydrogens is 401 g/mol. The summed E-state index contributed by atoms with van der Waals surface area (Å²) in [7, 11) is -2.72. The number of hydrogen-bond acceptors (Lipinski definition) is 5. The summed E-state index contributed by atoms with van der Waals surface area (Å²) >= 11 is 6.00. The maximum Gasteiger partial charge on any atom is 0.261 e. The molecule has 9 heteroatoms. The van der Waals surface area contributed by atoms with Crippen molar-refractivity contribution in [2.24, 2.45) is 5.92 Å². The lowest BCUT2D eigenvalue weighted by Gasteiger charge is -2.31. The van der Waals surface area contributed by atoms with Gasteiger partial charge < -0.3 is 0 Å². The molecule has 0 bridgehead atoms. The smallest absolute Gasteiger partial charge is 0.261 e. The summed E-state index contributed by atoms with van der Waals surface area (Å²) in [5.41, 5.74) is 2.92. The van der Waals surface area contributed by atoms with Gasteiger partial charge in [0.2, 0.25) is 10.0 Å². The number of nitrogens with one attached hydrogen (secondary N) is 1. The molecule has 0 radical (unpaired) electrons. The van der Waals surface area contributed by atoms with Gasteiger partial charge in [0.1, 0.15) is 6.04 Å². The molecule has 0 saturated heterocycles. The first kappa shape index (κ1) is 22.3. The van der Waals surface area contributed by atoms with E-state index < -0.39 is 22.0 Å². The molecule has 1 amide bonds. The van der Waals surface area contributed by atoms with Crippen LogP contribution in [0.15, 0.2) is 53.7 Å². The number of aromatic nitrogens is 1. The lowest BCUT2D eigenvalue weighted by molar-refractivity contribution is -0.136. The molecule has 28 heavy (non-hydrogen) atoms. The number of rotatable bonds is 9. The fourth-order valence-electron chi connectivity index (χ4n) is 2.77. The number of pyridine rings is 1. The van der Waals surface area contributed by atoms with Crippen LogP contribution in [0.4, 0.5) is 0 Å². The van der Waals surface area contributed by atoms with Gasteiger partial charge in [-0.15, -0.1) is 0 Å². The Labute approximate surface area is 170 Å². The summed E-state index contributed by atoms with van der Waals surface area (Å²) in [5, 5.41) is 0.296. The van der Waals surface area contributed by atoms with Crippen molar-refractivity contribution in [2.75, 3.05) is 7.11 Å². The third-order valence-electron chi connectivity index (χ3n) is 4.01. The van der Waals surface area contributed by atoms with Gasteiger partial charge in [0.15, 0.2) is 0 Å². The average Bonchev–Trinajstić information content (AvgIpc) is 2.65. The lowest BCUT2D eigenvalue weighted by Crippen LogP contribution is -2.49. The van der Waals surface area contributed by atoms with Gasteiger partial charge in [0.05, 0.1) is 12.0 Å². The third-order valence-corrected chi connectivity index (χ3v) is 6.10. The van der Waals surface area contributed by atoms with E-state index in [-0.39, 0.29) is 17.4 Å². The molecule has 0 unspecified atom stereocenters. The number of nitrogens with zero attached hydrogens (tertiary/aromatic N) is 2. The van der Waals surface area contributed by atoms with Crippen LogP contribution in [-0.4, -0.2) is 36.8 Å². The summed E-state index contributed by atoms with van der Waals surface area (Å²) in [6, 6.07) is 8.48. The Balaban J connectivity index is 2.54. The number of amides is 1. The van der Waals surface area contributed by atoms with Crippen molar-refractivity contribution in [1.82, 2.24) is 14.8 Å². The van der Waals surface area contributed by atoms with Crippen LogP contribution in [0.1, 0.15) is 25.8 Å². The summed E-state index contributed by atoms with van der Waals surface area (Å²) in [6.45, 7) is 3.82. The maximum absolute atomic E-state index is 13.4. The maximum atomic E-state index is 13.4. The van der Waals surface area contributed by atoms with E-state index in [0.29, 0.717) is 17.0 Å². The first-order valence-electron chi connectivity index (χ1n) is 8.75. The zero-order chi connectivity index (χ0) is 20.7. The summed E-state index contributed by atoms with van der Waals surface area (Å²) in [5.74, 6) is -0.468. The molecule has 0 aliphatic heterocycles. The van der Waals surface area contributed by atoms with Gasteiger partial charge in [0, 0.05) is 24.0 Å². The quantitative estimate of drug-likeness (QED) is 0.625. The van der Waals surface area contributed by atoms with Crippen LogP contribution in [0.5, 0.6) is 0 Å². The summed E-state index contributed by atoms with van der Waals surface area (Å²) in [4.78, 5) is 21.5. The largest absolute Gasteiger partial charge is 0.277 e. The van der Waals surface area contributed by atoms with Gasteiger partial charge >= 0.3 is 0 Å². The number of hydroxylamine groups is 1. The first-order valence-corrected chi connectivity index (χ1v) is 10.6. The van der Waals surface area contributed by atoms with Crippen LogP contribution >= 0.6 is 11.6 Å². The molecule has 1 N–H and O–H groups in total. The fraction of sp³-hybridized carbons (Fsp3) is 0.368. The van der Waals surface area contributed by atoms with Gasteiger partial charge in [-0.1, -0.05) is 37.6 Å². The average molecular weight is 425 g/mol. The standard InChI is InChI=1S/C19H24ClN3O4S/c1-14(2)10-18(19(24)22-27-3)23(13-15-6-5-9-21-12-15)28(25,26)17-8-4-7-16(20)11-17/h4-9,11-12,14,18H,10,13H2,1-3H3,(H,22,24)/t18-/m1/s1/i3-1. The van der Waals surface area contributed by atoms with Gasteiger partial charge in [-0.3, -0.25) is 14.6 Å². The lowest BCUT2D eigenvalue weighted by atomic mass is 10.0. The first-order chi connectivity index (χ1) is 13.3. The monoisotopic (exact) mass is 424 g/mol. The van der Waals surface area contributed by atoms with Crippen molar-refractivity contribution >= 4 is 27.5 Å². The molecule has 2 rings (SSSR count). The van der Waals surface area contributed by atoms with Gasteiger partial charge in [-0.25, -0.2) is 13.9 Å². The predicted octanol–water partition coefficient (Wildman–Crippen LogP) is 3.02. The number of halogens is 1. The number of carbonyl (C=O) groups is 1. The summed E-state index contributed by atoms with van der Waals surface area (Å²) in [6.07, 6.45) is 3.49. The highest BCUT2D eigenvalue weighted by Gasteiger charge is 2.36. The Morgan fingerprint density at radius 2 is 2.04 bits per heavy atom. The molecule has 1 aromatic carbocycles. The topological polar surface area (TPSA) is 88.6 Å². The second-order valence-corrected chi connectivity index (χ2v) is 9.01. The van der Waals surface area contributed by atoms with Crippen LogP contribution in [0.3, 0.4) is 0 Å². The van der Waals surface area contributed by atoms with E-state index in [1.165, 1.54) is 23.5 Å². The summed E-state index contributed by atoms with van der Waals surface area (Å²) < 4.78 is 28.1. The Bertz CT molecular complexity index is 891. The minimum atomic E-state index is -4.03. The molecule has 2 aromatic rings. The van der Waals surface area contributed by atoms with E-state index in [4.69, 9.17) is 16.4 Å². The molecule has 0 aliphatic carbocycles. The van der Waals surface area contributed by atoms with E-state index >= 15 is 0 Å². The number of benzene rings is 1. The van der Waals surface area contributed by atoms with E-state index in [0.717, 1.165) is 0 Å². The molecule has 0 aliphatic rings. The highest BCUT2D eigenvalue weighted by molar-refractivity contribution is 7.89. The minimum absolute atomic E-state index is 0.0165. The molecule has 152 valence electrons. The van der Waals surface area contributed by atoms with Crippen LogP contribution in [0, 0.1) is 5.92 Å². The minimum Gasteiger partial charge on any atom is -0.277 e. The zero-order valence-corrected chi connectivity index (χ0v) is 17.6.